The number of hydrogen-bond donors (Lipinski definition) is 2. The summed E-state index contributed by atoms with van der Waals surface area (Å²) in [6, 6.07) is 8.19. The molecule has 1 aliphatic heterocycles. The van der Waals surface area contributed by atoms with Crippen LogP contribution in [-0.2, 0) is 4.79 Å². The molecule has 0 spiro atoms. The molecule has 1 aromatic carbocycles. The van der Waals surface area contributed by atoms with Gasteiger partial charge < -0.3 is 15.8 Å². The first-order valence-electron chi connectivity index (χ1n) is 8.02. The van der Waals surface area contributed by atoms with Crippen molar-refractivity contribution in [1.82, 2.24) is 10.2 Å². The van der Waals surface area contributed by atoms with Gasteiger partial charge in [0.2, 0.25) is 5.91 Å². The Balaban J connectivity index is 2.14. The Morgan fingerprint density at radius 3 is 2.68 bits per heavy atom. The number of ether oxygens (including phenoxy) is 1. The van der Waals surface area contributed by atoms with Crippen LogP contribution in [0.5, 0.6) is 5.75 Å². The number of nitrogens with two attached hydrogens (primary N) is 1. The number of benzene rings is 1. The van der Waals surface area contributed by atoms with Gasteiger partial charge in [0, 0.05) is 24.6 Å². The Bertz CT molecular complexity index is 487. The smallest absolute Gasteiger partial charge is 0.224 e. The zero-order valence-electron chi connectivity index (χ0n) is 13.5. The lowest BCUT2D eigenvalue weighted by Gasteiger charge is -2.29. The maximum Gasteiger partial charge on any atom is 0.224 e. The van der Waals surface area contributed by atoms with Crippen LogP contribution in [0.15, 0.2) is 24.3 Å². The van der Waals surface area contributed by atoms with Crippen LogP contribution in [0, 0.1) is 5.92 Å². The fourth-order valence-corrected chi connectivity index (χ4v) is 2.91. The van der Waals surface area contributed by atoms with Crippen LogP contribution in [-0.4, -0.2) is 44.1 Å². The number of nitrogens with zero attached hydrogens (tertiary/aromatic N) is 1. The van der Waals surface area contributed by atoms with Gasteiger partial charge in [0.25, 0.3) is 0 Å². The zero-order chi connectivity index (χ0) is 15.9. The van der Waals surface area contributed by atoms with E-state index in [0.717, 1.165) is 24.4 Å². The number of rotatable bonds is 7. The van der Waals surface area contributed by atoms with E-state index in [1.807, 2.05) is 25.1 Å². The third kappa shape index (κ3) is 3.99. The van der Waals surface area contributed by atoms with Crippen molar-refractivity contribution in [3.8, 4) is 5.75 Å². The Labute approximate surface area is 132 Å². The van der Waals surface area contributed by atoms with Gasteiger partial charge in [-0.05, 0) is 32.0 Å². The highest BCUT2D eigenvalue weighted by molar-refractivity contribution is 5.78. The first-order chi connectivity index (χ1) is 10.7. The first-order valence-corrected chi connectivity index (χ1v) is 8.02. The molecular formula is C17H27N3O2. The lowest BCUT2D eigenvalue weighted by atomic mass is 10.0. The second kappa shape index (κ2) is 8.15. The summed E-state index contributed by atoms with van der Waals surface area (Å²) in [5, 5.41) is 3.04. The molecule has 0 radical (unpaired) electrons. The van der Waals surface area contributed by atoms with Crippen molar-refractivity contribution in [2.75, 3.05) is 33.3 Å². The van der Waals surface area contributed by atoms with E-state index in [0.29, 0.717) is 13.1 Å². The fourth-order valence-electron chi connectivity index (χ4n) is 2.91. The van der Waals surface area contributed by atoms with E-state index in [9.17, 15) is 4.79 Å². The number of carbonyl (C=O) groups excluding carboxylic acids is 1. The average Bonchev–Trinajstić information content (AvgIpc) is 3.08. The van der Waals surface area contributed by atoms with E-state index >= 15 is 0 Å². The van der Waals surface area contributed by atoms with Crippen LogP contribution in [0.25, 0.3) is 0 Å². The second-order valence-corrected chi connectivity index (χ2v) is 5.88. The predicted molar refractivity (Wildman–Crippen MR) is 87.8 cm³/mol. The molecule has 2 atom stereocenters. The van der Waals surface area contributed by atoms with Gasteiger partial charge in [-0.2, -0.15) is 0 Å². The number of para-hydroxylation sites is 1. The molecule has 2 unspecified atom stereocenters. The number of amides is 1. The van der Waals surface area contributed by atoms with E-state index in [1.54, 1.807) is 7.11 Å². The molecule has 3 N–H and O–H groups in total. The quantitative estimate of drug-likeness (QED) is 0.802. The summed E-state index contributed by atoms with van der Waals surface area (Å²) in [6.45, 7) is 4.93. The highest BCUT2D eigenvalue weighted by atomic mass is 16.5. The summed E-state index contributed by atoms with van der Waals surface area (Å²) >= 11 is 0. The van der Waals surface area contributed by atoms with Gasteiger partial charge in [0.15, 0.2) is 0 Å². The van der Waals surface area contributed by atoms with Crippen LogP contribution in [0.2, 0.25) is 0 Å². The van der Waals surface area contributed by atoms with Gasteiger partial charge in [-0.3, -0.25) is 9.69 Å². The molecule has 1 aliphatic rings. The summed E-state index contributed by atoms with van der Waals surface area (Å²) < 4.78 is 5.50. The standard InChI is InChI=1S/C17H27N3O2/c1-13(11-18)17(21)19-12-15(20-9-5-6-10-20)14-7-3-4-8-16(14)22-2/h3-4,7-8,13,15H,5-6,9-12,18H2,1-2H3,(H,19,21). The van der Waals surface area contributed by atoms with E-state index in [4.69, 9.17) is 10.5 Å². The Morgan fingerprint density at radius 2 is 2.05 bits per heavy atom. The molecule has 1 saturated heterocycles. The van der Waals surface area contributed by atoms with E-state index in [-0.39, 0.29) is 17.9 Å². The molecule has 122 valence electrons. The number of carbonyl (C=O) groups is 1. The molecule has 0 bridgehead atoms. The van der Waals surface area contributed by atoms with Crippen LogP contribution in [0.4, 0.5) is 0 Å². The largest absolute Gasteiger partial charge is 0.496 e. The van der Waals surface area contributed by atoms with E-state index in [2.05, 4.69) is 16.3 Å². The van der Waals surface area contributed by atoms with Gasteiger partial charge in [-0.15, -0.1) is 0 Å². The van der Waals surface area contributed by atoms with Gasteiger partial charge in [-0.1, -0.05) is 25.1 Å². The summed E-state index contributed by atoms with van der Waals surface area (Å²) in [7, 11) is 1.69. The first kappa shape index (κ1) is 16.8. The van der Waals surface area contributed by atoms with Crippen LogP contribution >= 0.6 is 0 Å². The predicted octanol–water partition coefficient (Wildman–Crippen LogP) is 1.54. The normalized spacial score (nSPS) is 18.0. The summed E-state index contributed by atoms with van der Waals surface area (Å²) in [5.41, 5.74) is 6.70. The number of methoxy groups -OCH3 is 1. The molecular weight excluding hydrogens is 278 g/mol. The lowest BCUT2D eigenvalue weighted by molar-refractivity contribution is -0.124. The highest BCUT2D eigenvalue weighted by Gasteiger charge is 2.26. The molecule has 1 aromatic rings. The minimum atomic E-state index is -0.156. The third-order valence-electron chi connectivity index (χ3n) is 4.35. The molecule has 0 aromatic heterocycles. The van der Waals surface area contributed by atoms with Crippen molar-refractivity contribution in [3.63, 3.8) is 0 Å². The van der Waals surface area contributed by atoms with Crippen LogP contribution < -0.4 is 15.8 Å². The molecule has 22 heavy (non-hydrogen) atoms. The Hall–Kier alpha value is -1.59. The van der Waals surface area contributed by atoms with Crippen molar-refractivity contribution in [2.45, 2.75) is 25.8 Å². The number of nitrogens with one attached hydrogen (secondary N) is 1. The molecule has 1 amide bonds. The van der Waals surface area contributed by atoms with Gasteiger partial charge in [-0.25, -0.2) is 0 Å². The minimum absolute atomic E-state index is 0.0154. The highest BCUT2D eigenvalue weighted by Crippen LogP contribution is 2.31. The molecule has 2 rings (SSSR count). The monoisotopic (exact) mass is 305 g/mol. The van der Waals surface area contributed by atoms with Crippen molar-refractivity contribution in [2.24, 2.45) is 11.7 Å². The SMILES string of the molecule is COc1ccccc1C(CNC(=O)C(C)CN)N1CCCC1. The topological polar surface area (TPSA) is 67.6 Å². The maximum absolute atomic E-state index is 12.0. The molecule has 1 heterocycles. The number of likely N-dealkylation sites (tertiary alicyclic amines) is 1. The van der Waals surface area contributed by atoms with Crippen molar-refractivity contribution >= 4 is 5.91 Å². The van der Waals surface area contributed by atoms with Crippen LogP contribution in [0.3, 0.4) is 0 Å². The summed E-state index contributed by atoms with van der Waals surface area (Å²) in [4.78, 5) is 14.5. The average molecular weight is 305 g/mol. The summed E-state index contributed by atoms with van der Waals surface area (Å²) in [6.07, 6.45) is 2.41. The van der Waals surface area contributed by atoms with Gasteiger partial charge in [0.05, 0.1) is 13.2 Å². The zero-order valence-corrected chi connectivity index (χ0v) is 13.5. The van der Waals surface area contributed by atoms with Crippen molar-refractivity contribution in [3.05, 3.63) is 29.8 Å². The fraction of sp³-hybridized carbons (Fsp3) is 0.588. The molecule has 1 fully saturated rings. The minimum Gasteiger partial charge on any atom is -0.496 e. The third-order valence-corrected chi connectivity index (χ3v) is 4.35. The lowest BCUT2D eigenvalue weighted by Crippen LogP contribution is -2.40. The molecule has 5 heteroatoms. The second-order valence-electron chi connectivity index (χ2n) is 5.88. The van der Waals surface area contributed by atoms with Crippen molar-refractivity contribution in [1.29, 1.82) is 0 Å². The maximum atomic E-state index is 12.0. The molecule has 5 nitrogen and oxygen atoms in total. The number of hydrogen-bond acceptors (Lipinski definition) is 4. The van der Waals surface area contributed by atoms with Gasteiger partial charge >= 0.3 is 0 Å². The molecule has 0 aliphatic carbocycles. The Kier molecular flexibility index (Phi) is 6.21. The summed E-state index contributed by atoms with van der Waals surface area (Å²) in [5.74, 6) is 0.735. The van der Waals surface area contributed by atoms with E-state index in [1.165, 1.54) is 12.8 Å². The van der Waals surface area contributed by atoms with Crippen LogP contribution in [0.1, 0.15) is 31.4 Å². The Morgan fingerprint density at radius 1 is 1.36 bits per heavy atom. The van der Waals surface area contributed by atoms with E-state index < -0.39 is 0 Å². The molecule has 0 saturated carbocycles. The van der Waals surface area contributed by atoms with Gasteiger partial charge in [0.1, 0.15) is 5.75 Å². The van der Waals surface area contributed by atoms with Crippen molar-refractivity contribution < 1.29 is 9.53 Å².